The van der Waals surface area contributed by atoms with Gasteiger partial charge in [-0.3, -0.25) is 4.68 Å². The van der Waals surface area contributed by atoms with Crippen LogP contribution in [0.2, 0.25) is 0 Å². The zero-order valence-electron chi connectivity index (χ0n) is 13.1. The molecule has 0 bridgehead atoms. The topological polar surface area (TPSA) is 29.9 Å². The summed E-state index contributed by atoms with van der Waals surface area (Å²) in [6, 6.07) is 0.499. The molecule has 0 saturated carbocycles. The molecule has 0 spiro atoms. The summed E-state index contributed by atoms with van der Waals surface area (Å²) in [4.78, 5) is 0. The Labute approximate surface area is 112 Å². The average molecular weight is 251 g/mol. The summed E-state index contributed by atoms with van der Waals surface area (Å²) < 4.78 is 1.99. The molecule has 1 rings (SSSR count). The zero-order valence-corrected chi connectivity index (χ0v) is 13.1. The van der Waals surface area contributed by atoms with Crippen LogP contribution in [0.5, 0.6) is 0 Å². The lowest BCUT2D eigenvalue weighted by Crippen LogP contribution is -2.42. The predicted octanol–water partition coefficient (Wildman–Crippen LogP) is 2.99. The van der Waals surface area contributed by atoms with Crippen LogP contribution in [0.15, 0.2) is 0 Å². The largest absolute Gasteiger partial charge is 0.313 e. The van der Waals surface area contributed by atoms with Crippen LogP contribution in [0.4, 0.5) is 0 Å². The second-order valence-electron chi connectivity index (χ2n) is 6.35. The molecule has 1 aromatic rings. The number of aryl methyl sites for hydroxylation is 2. The molecule has 3 heteroatoms. The fourth-order valence-electron chi connectivity index (χ4n) is 2.32. The molecule has 0 amide bonds. The van der Waals surface area contributed by atoms with E-state index in [9.17, 15) is 0 Å². The van der Waals surface area contributed by atoms with Crippen molar-refractivity contribution in [1.29, 1.82) is 0 Å². The molecule has 0 saturated heterocycles. The van der Waals surface area contributed by atoms with Crippen molar-refractivity contribution in [3.8, 4) is 0 Å². The first-order valence-corrected chi connectivity index (χ1v) is 6.99. The fourth-order valence-corrected chi connectivity index (χ4v) is 2.32. The van der Waals surface area contributed by atoms with Crippen molar-refractivity contribution in [2.75, 3.05) is 6.54 Å². The van der Waals surface area contributed by atoms with E-state index < -0.39 is 0 Å². The van der Waals surface area contributed by atoms with Crippen LogP contribution in [-0.4, -0.2) is 22.4 Å². The Morgan fingerprint density at radius 1 is 1.28 bits per heavy atom. The standard InChI is InChI=1S/C15H29N3/c1-8-9-16-14(15(4,5)6)10-13-11(2)17-18(7)12(13)3/h14,16H,8-10H2,1-7H3. The third kappa shape index (κ3) is 3.58. The van der Waals surface area contributed by atoms with Gasteiger partial charge in [0.05, 0.1) is 5.69 Å². The number of hydrogen-bond donors (Lipinski definition) is 1. The average Bonchev–Trinajstić information content (AvgIpc) is 2.48. The summed E-state index contributed by atoms with van der Waals surface area (Å²) in [5.41, 5.74) is 4.13. The van der Waals surface area contributed by atoms with Gasteiger partial charge >= 0.3 is 0 Å². The van der Waals surface area contributed by atoms with Crippen molar-refractivity contribution in [3.05, 3.63) is 17.0 Å². The molecule has 0 fully saturated rings. The molecule has 0 aliphatic rings. The Morgan fingerprint density at radius 3 is 2.28 bits per heavy atom. The quantitative estimate of drug-likeness (QED) is 0.872. The predicted molar refractivity (Wildman–Crippen MR) is 77.9 cm³/mol. The maximum atomic E-state index is 4.51. The van der Waals surface area contributed by atoms with Crippen LogP contribution < -0.4 is 5.32 Å². The van der Waals surface area contributed by atoms with E-state index in [1.165, 1.54) is 23.4 Å². The molecule has 1 heterocycles. The second-order valence-corrected chi connectivity index (χ2v) is 6.35. The molecule has 1 N–H and O–H groups in total. The van der Waals surface area contributed by atoms with Crippen LogP contribution in [0.25, 0.3) is 0 Å². The van der Waals surface area contributed by atoms with Crippen LogP contribution >= 0.6 is 0 Å². The van der Waals surface area contributed by atoms with Gasteiger partial charge in [-0.05, 0) is 44.2 Å². The highest BCUT2D eigenvalue weighted by atomic mass is 15.3. The monoisotopic (exact) mass is 251 g/mol. The van der Waals surface area contributed by atoms with Gasteiger partial charge in [-0.25, -0.2) is 0 Å². The van der Waals surface area contributed by atoms with Gasteiger partial charge in [-0.1, -0.05) is 27.7 Å². The minimum atomic E-state index is 0.268. The molecule has 104 valence electrons. The number of nitrogens with zero attached hydrogens (tertiary/aromatic N) is 2. The third-order valence-electron chi connectivity index (χ3n) is 3.75. The van der Waals surface area contributed by atoms with E-state index >= 15 is 0 Å². The smallest absolute Gasteiger partial charge is 0.0628 e. The highest BCUT2D eigenvalue weighted by Gasteiger charge is 2.26. The molecule has 18 heavy (non-hydrogen) atoms. The van der Waals surface area contributed by atoms with Crippen molar-refractivity contribution in [3.63, 3.8) is 0 Å². The summed E-state index contributed by atoms with van der Waals surface area (Å²) in [5, 5.41) is 8.20. The first-order chi connectivity index (χ1) is 8.27. The fraction of sp³-hybridized carbons (Fsp3) is 0.800. The van der Waals surface area contributed by atoms with E-state index in [1.807, 2.05) is 11.7 Å². The first kappa shape index (κ1) is 15.2. The van der Waals surface area contributed by atoms with E-state index in [0.29, 0.717) is 6.04 Å². The Balaban J connectivity index is 2.89. The van der Waals surface area contributed by atoms with Gasteiger partial charge in [0.25, 0.3) is 0 Å². The van der Waals surface area contributed by atoms with Crippen molar-refractivity contribution < 1.29 is 0 Å². The molecule has 0 aromatic carbocycles. The summed E-state index contributed by atoms with van der Waals surface area (Å²) in [6.45, 7) is 14.5. The van der Waals surface area contributed by atoms with Gasteiger partial charge in [0.2, 0.25) is 0 Å². The Bertz CT molecular complexity index is 385. The van der Waals surface area contributed by atoms with Crippen molar-refractivity contribution >= 4 is 0 Å². The highest BCUT2D eigenvalue weighted by Crippen LogP contribution is 2.25. The zero-order chi connectivity index (χ0) is 13.9. The first-order valence-electron chi connectivity index (χ1n) is 6.99. The van der Waals surface area contributed by atoms with Gasteiger partial charge in [0, 0.05) is 18.8 Å². The summed E-state index contributed by atoms with van der Waals surface area (Å²) in [7, 11) is 2.03. The summed E-state index contributed by atoms with van der Waals surface area (Å²) in [5.74, 6) is 0. The van der Waals surface area contributed by atoms with Crippen LogP contribution in [0.1, 0.15) is 51.1 Å². The Hall–Kier alpha value is -0.830. The minimum absolute atomic E-state index is 0.268. The molecule has 3 nitrogen and oxygen atoms in total. The maximum absolute atomic E-state index is 4.51. The van der Waals surface area contributed by atoms with Crippen LogP contribution in [0.3, 0.4) is 0 Å². The normalized spacial score (nSPS) is 13.9. The lowest BCUT2D eigenvalue weighted by molar-refractivity contribution is 0.266. The van der Waals surface area contributed by atoms with E-state index in [0.717, 1.165) is 13.0 Å². The molecule has 0 aliphatic carbocycles. The van der Waals surface area contributed by atoms with E-state index in [4.69, 9.17) is 0 Å². The van der Waals surface area contributed by atoms with Crippen LogP contribution in [-0.2, 0) is 13.5 Å². The van der Waals surface area contributed by atoms with Crippen molar-refractivity contribution in [2.45, 2.75) is 60.4 Å². The summed E-state index contributed by atoms with van der Waals surface area (Å²) in [6.07, 6.45) is 2.24. The van der Waals surface area contributed by atoms with Gasteiger partial charge in [0.15, 0.2) is 0 Å². The molecule has 0 radical (unpaired) electrons. The van der Waals surface area contributed by atoms with Gasteiger partial charge in [0.1, 0.15) is 0 Å². The molecule has 1 aromatic heterocycles. The molecule has 1 unspecified atom stereocenters. The van der Waals surface area contributed by atoms with E-state index in [1.54, 1.807) is 0 Å². The van der Waals surface area contributed by atoms with E-state index in [-0.39, 0.29) is 5.41 Å². The lowest BCUT2D eigenvalue weighted by Gasteiger charge is -2.32. The third-order valence-corrected chi connectivity index (χ3v) is 3.75. The van der Waals surface area contributed by atoms with E-state index in [2.05, 4.69) is 52.0 Å². The van der Waals surface area contributed by atoms with Crippen LogP contribution in [0, 0.1) is 19.3 Å². The Morgan fingerprint density at radius 2 is 1.89 bits per heavy atom. The lowest BCUT2D eigenvalue weighted by atomic mass is 9.82. The SMILES string of the molecule is CCCNC(Cc1c(C)nn(C)c1C)C(C)(C)C. The highest BCUT2D eigenvalue weighted by molar-refractivity contribution is 5.25. The van der Waals surface area contributed by atoms with Crippen molar-refractivity contribution in [1.82, 2.24) is 15.1 Å². The Kier molecular flexibility index (Phi) is 4.97. The number of hydrogen-bond acceptors (Lipinski definition) is 2. The van der Waals surface area contributed by atoms with Gasteiger partial charge in [-0.15, -0.1) is 0 Å². The van der Waals surface area contributed by atoms with Gasteiger partial charge < -0.3 is 5.32 Å². The minimum Gasteiger partial charge on any atom is -0.313 e. The maximum Gasteiger partial charge on any atom is 0.0628 e. The molecule has 0 aliphatic heterocycles. The summed E-state index contributed by atoms with van der Waals surface area (Å²) >= 11 is 0. The second kappa shape index (κ2) is 5.87. The molecular formula is C15H29N3. The number of aromatic nitrogens is 2. The number of nitrogens with one attached hydrogen (secondary N) is 1. The van der Waals surface area contributed by atoms with Crippen molar-refractivity contribution in [2.24, 2.45) is 12.5 Å². The molecular weight excluding hydrogens is 222 g/mol. The van der Waals surface area contributed by atoms with Gasteiger partial charge in [-0.2, -0.15) is 5.10 Å². The molecule has 1 atom stereocenters. The number of rotatable bonds is 5.